The fraction of sp³-hybridized carbons (Fsp3) is 0.333. The van der Waals surface area contributed by atoms with Gasteiger partial charge in [0.15, 0.2) is 5.11 Å². The Balaban J connectivity index is 1.43. The van der Waals surface area contributed by atoms with E-state index >= 15 is 0 Å². The summed E-state index contributed by atoms with van der Waals surface area (Å²) in [5, 5.41) is 10.8. The third-order valence-electron chi connectivity index (χ3n) is 5.52. The molecule has 2 N–H and O–H groups in total. The van der Waals surface area contributed by atoms with Gasteiger partial charge in [-0.2, -0.15) is 5.10 Å². The lowest BCUT2D eigenvalue weighted by Crippen LogP contribution is -2.34. The van der Waals surface area contributed by atoms with Crippen LogP contribution >= 0.6 is 39.5 Å². The van der Waals surface area contributed by atoms with Crippen molar-refractivity contribution in [3.8, 4) is 0 Å². The average molecular weight is 562 g/mol. The number of anilines is 1. The van der Waals surface area contributed by atoms with E-state index in [1.165, 1.54) is 16.2 Å². The Morgan fingerprint density at radius 3 is 2.68 bits per heavy atom. The fourth-order valence-electron chi connectivity index (χ4n) is 3.93. The van der Waals surface area contributed by atoms with E-state index in [1.807, 2.05) is 23.0 Å². The van der Waals surface area contributed by atoms with Crippen LogP contribution < -0.4 is 10.6 Å². The Morgan fingerprint density at radius 2 is 1.97 bits per heavy atom. The molecule has 1 aliphatic rings. The minimum absolute atomic E-state index is 0.150. The van der Waals surface area contributed by atoms with Crippen molar-refractivity contribution in [1.29, 1.82) is 0 Å². The zero-order valence-electron chi connectivity index (χ0n) is 18.7. The molecule has 7 nitrogen and oxygen atoms in total. The largest absolute Gasteiger partial charge is 0.462 e. The summed E-state index contributed by atoms with van der Waals surface area (Å²) in [4.78, 5) is 26.6. The quantitative estimate of drug-likeness (QED) is 0.241. The van der Waals surface area contributed by atoms with Gasteiger partial charge in [0.25, 0.3) is 5.91 Å². The maximum atomic E-state index is 12.7. The molecule has 0 spiro atoms. The molecule has 4 rings (SSSR count). The molecule has 0 aliphatic heterocycles. The minimum Gasteiger partial charge on any atom is -0.462 e. The third kappa shape index (κ3) is 5.92. The van der Waals surface area contributed by atoms with Gasteiger partial charge >= 0.3 is 5.97 Å². The molecule has 0 bridgehead atoms. The van der Waals surface area contributed by atoms with Gasteiger partial charge in [-0.05, 0) is 84.0 Å². The monoisotopic (exact) mass is 560 g/mol. The third-order valence-corrected chi connectivity index (χ3v) is 7.34. The average Bonchev–Trinajstić information content (AvgIpc) is 3.28. The van der Waals surface area contributed by atoms with Crippen molar-refractivity contribution >= 4 is 61.5 Å². The van der Waals surface area contributed by atoms with Crippen molar-refractivity contribution in [2.75, 3.05) is 11.9 Å². The van der Waals surface area contributed by atoms with E-state index in [4.69, 9.17) is 17.0 Å². The van der Waals surface area contributed by atoms with E-state index in [0.29, 0.717) is 29.3 Å². The standard InChI is InChI=1S/C24H25BrN4O3S2/c1-2-32-23(31)20-18-6-4-3-5-7-19(18)34-22(20)28-24(33)27-21(30)16-10-8-15(9-11-16)13-29-14-17(25)12-26-29/h8-12,14H,2-7,13H2,1H3,(H2,27,28,30,33). The number of hydrogen-bond donors (Lipinski definition) is 2. The molecule has 0 saturated carbocycles. The van der Waals surface area contributed by atoms with E-state index in [2.05, 4.69) is 31.7 Å². The molecule has 2 heterocycles. The van der Waals surface area contributed by atoms with Gasteiger partial charge in [0.1, 0.15) is 5.00 Å². The van der Waals surface area contributed by atoms with Crippen LogP contribution in [0.3, 0.4) is 0 Å². The Bertz CT molecular complexity index is 1200. The van der Waals surface area contributed by atoms with Gasteiger partial charge in [-0.25, -0.2) is 4.79 Å². The van der Waals surface area contributed by atoms with Crippen molar-refractivity contribution < 1.29 is 14.3 Å². The number of halogens is 1. The van der Waals surface area contributed by atoms with Crippen molar-refractivity contribution in [3.05, 3.63) is 68.3 Å². The van der Waals surface area contributed by atoms with E-state index in [1.54, 1.807) is 25.3 Å². The smallest absolute Gasteiger partial charge is 0.341 e. The molecule has 1 aromatic carbocycles. The summed E-state index contributed by atoms with van der Waals surface area (Å²) in [5.74, 6) is -0.667. The number of ether oxygens (including phenoxy) is 1. The molecule has 0 unspecified atom stereocenters. The summed E-state index contributed by atoms with van der Waals surface area (Å²) in [6.45, 7) is 2.70. The zero-order valence-corrected chi connectivity index (χ0v) is 21.9. The molecule has 178 valence electrons. The maximum Gasteiger partial charge on any atom is 0.341 e. The summed E-state index contributed by atoms with van der Waals surface area (Å²) in [7, 11) is 0. The summed E-state index contributed by atoms with van der Waals surface area (Å²) in [5.41, 5.74) is 3.11. The number of amides is 1. The molecule has 1 amide bonds. The lowest BCUT2D eigenvalue weighted by atomic mass is 10.1. The predicted molar refractivity (Wildman–Crippen MR) is 141 cm³/mol. The first-order valence-corrected chi connectivity index (χ1v) is 13.2. The Labute approximate surface area is 216 Å². The number of esters is 1. The van der Waals surface area contributed by atoms with Crippen LogP contribution in [0.15, 0.2) is 41.1 Å². The van der Waals surface area contributed by atoms with Crippen LogP contribution in [-0.4, -0.2) is 33.4 Å². The molecule has 2 aromatic heterocycles. The van der Waals surface area contributed by atoms with Crippen molar-refractivity contribution in [2.24, 2.45) is 0 Å². The van der Waals surface area contributed by atoms with Gasteiger partial charge in [-0.1, -0.05) is 18.6 Å². The molecule has 0 saturated heterocycles. The number of thiophene rings is 1. The highest BCUT2D eigenvalue weighted by Gasteiger charge is 2.26. The molecule has 1 aliphatic carbocycles. The van der Waals surface area contributed by atoms with E-state index in [9.17, 15) is 9.59 Å². The number of thiocarbonyl (C=S) groups is 1. The Hall–Kier alpha value is -2.56. The van der Waals surface area contributed by atoms with Gasteiger partial charge in [0.05, 0.1) is 29.4 Å². The SMILES string of the molecule is CCOC(=O)c1c(NC(=S)NC(=O)c2ccc(Cn3cc(Br)cn3)cc2)sc2c1CCCCC2. The van der Waals surface area contributed by atoms with Gasteiger partial charge in [0, 0.05) is 16.6 Å². The number of fused-ring (bicyclic) bond motifs is 1. The first-order valence-electron chi connectivity index (χ1n) is 11.2. The number of aromatic nitrogens is 2. The second kappa shape index (κ2) is 11.2. The van der Waals surface area contributed by atoms with Gasteiger partial charge < -0.3 is 10.1 Å². The first kappa shape index (κ1) is 24.6. The highest BCUT2D eigenvalue weighted by Crippen LogP contribution is 2.38. The number of benzene rings is 1. The van der Waals surface area contributed by atoms with E-state index in [-0.39, 0.29) is 17.0 Å². The highest BCUT2D eigenvalue weighted by atomic mass is 79.9. The van der Waals surface area contributed by atoms with Crippen LogP contribution in [-0.2, 0) is 24.1 Å². The Kier molecular flexibility index (Phi) is 8.12. The number of aryl methyl sites for hydroxylation is 1. The lowest BCUT2D eigenvalue weighted by molar-refractivity contribution is 0.0526. The van der Waals surface area contributed by atoms with Crippen LogP contribution in [0.2, 0.25) is 0 Å². The normalized spacial score (nSPS) is 13.0. The van der Waals surface area contributed by atoms with Crippen molar-refractivity contribution in [1.82, 2.24) is 15.1 Å². The van der Waals surface area contributed by atoms with E-state index < -0.39 is 0 Å². The van der Waals surface area contributed by atoms with Gasteiger partial charge in [0.2, 0.25) is 0 Å². The molecular formula is C24H25BrN4O3S2. The van der Waals surface area contributed by atoms with Gasteiger partial charge in [-0.3, -0.25) is 14.8 Å². The summed E-state index contributed by atoms with van der Waals surface area (Å²) >= 11 is 10.3. The van der Waals surface area contributed by atoms with Crippen LogP contribution in [0, 0.1) is 0 Å². The summed E-state index contributed by atoms with van der Waals surface area (Å²) in [6.07, 6.45) is 8.71. The molecule has 0 radical (unpaired) electrons. The second-order valence-corrected chi connectivity index (χ2v) is 10.4. The predicted octanol–water partition coefficient (Wildman–Crippen LogP) is 5.33. The number of nitrogens with one attached hydrogen (secondary N) is 2. The highest BCUT2D eigenvalue weighted by molar-refractivity contribution is 9.10. The number of hydrogen-bond acceptors (Lipinski definition) is 6. The van der Waals surface area contributed by atoms with Crippen LogP contribution in [0.25, 0.3) is 0 Å². The molecule has 34 heavy (non-hydrogen) atoms. The zero-order chi connectivity index (χ0) is 24.1. The summed E-state index contributed by atoms with van der Waals surface area (Å²) in [6, 6.07) is 7.28. The fourth-order valence-corrected chi connectivity index (χ4v) is 5.80. The molecule has 0 fully saturated rings. The van der Waals surface area contributed by atoms with Gasteiger partial charge in [-0.15, -0.1) is 11.3 Å². The van der Waals surface area contributed by atoms with Crippen molar-refractivity contribution in [2.45, 2.75) is 45.6 Å². The molecular weight excluding hydrogens is 536 g/mol. The first-order chi connectivity index (χ1) is 16.4. The molecule has 0 atom stereocenters. The van der Waals surface area contributed by atoms with Crippen LogP contribution in [0.1, 0.15) is 62.9 Å². The minimum atomic E-state index is -0.349. The lowest BCUT2D eigenvalue weighted by Gasteiger charge is -2.11. The van der Waals surface area contributed by atoms with Crippen LogP contribution in [0.4, 0.5) is 5.00 Å². The topological polar surface area (TPSA) is 85.3 Å². The van der Waals surface area contributed by atoms with Crippen molar-refractivity contribution in [3.63, 3.8) is 0 Å². The molecule has 3 aromatic rings. The second-order valence-electron chi connectivity index (χ2n) is 7.95. The number of carbonyl (C=O) groups is 2. The van der Waals surface area contributed by atoms with Crippen LogP contribution in [0.5, 0.6) is 0 Å². The molecule has 10 heteroatoms. The number of rotatable bonds is 6. The number of nitrogens with zero attached hydrogens (tertiary/aromatic N) is 2. The Morgan fingerprint density at radius 1 is 1.21 bits per heavy atom. The summed E-state index contributed by atoms with van der Waals surface area (Å²) < 4.78 is 8.03. The van der Waals surface area contributed by atoms with E-state index in [0.717, 1.165) is 47.7 Å². The number of carbonyl (C=O) groups excluding carboxylic acids is 2. The maximum absolute atomic E-state index is 12.7.